The first-order valence-electron chi connectivity index (χ1n) is 10.2. The summed E-state index contributed by atoms with van der Waals surface area (Å²) in [6, 6.07) is 11.7. The van der Waals surface area contributed by atoms with Gasteiger partial charge in [-0.1, -0.05) is 6.07 Å². The van der Waals surface area contributed by atoms with Crippen LogP contribution in [0.2, 0.25) is 0 Å². The predicted molar refractivity (Wildman–Crippen MR) is 116 cm³/mol. The first-order chi connectivity index (χ1) is 14.2. The third-order valence-corrected chi connectivity index (χ3v) is 5.13. The van der Waals surface area contributed by atoms with Crippen molar-refractivity contribution in [2.75, 3.05) is 50.7 Å². The van der Waals surface area contributed by atoms with Gasteiger partial charge in [0.15, 0.2) is 11.5 Å². The molecule has 2 aromatic carbocycles. The van der Waals surface area contributed by atoms with Gasteiger partial charge in [0.2, 0.25) is 0 Å². The Morgan fingerprint density at radius 1 is 1.03 bits per heavy atom. The fourth-order valence-corrected chi connectivity index (χ4v) is 3.62. The van der Waals surface area contributed by atoms with Crippen LogP contribution in [0.3, 0.4) is 0 Å². The quantitative estimate of drug-likeness (QED) is 0.641. The zero-order valence-electron chi connectivity index (χ0n) is 17.5. The van der Waals surface area contributed by atoms with Gasteiger partial charge in [-0.05, 0) is 62.1 Å². The maximum Gasteiger partial charge on any atom is 0.338 e. The van der Waals surface area contributed by atoms with Crippen LogP contribution in [0.25, 0.3) is 0 Å². The summed E-state index contributed by atoms with van der Waals surface area (Å²) >= 11 is 0. The summed E-state index contributed by atoms with van der Waals surface area (Å²) in [6.45, 7) is 4.99. The van der Waals surface area contributed by atoms with Gasteiger partial charge < -0.3 is 24.4 Å². The molecule has 6 heteroatoms. The number of nitrogens with one attached hydrogen (secondary N) is 1. The molecule has 6 nitrogen and oxygen atoms in total. The lowest BCUT2D eigenvalue weighted by Gasteiger charge is -2.23. The molecule has 0 saturated carbocycles. The molecule has 1 aliphatic rings. The molecule has 0 atom stereocenters. The first kappa shape index (κ1) is 20.8. The molecular weight excluding hydrogens is 368 g/mol. The highest BCUT2D eigenvalue weighted by molar-refractivity contribution is 5.92. The van der Waals surface area contributed by atoms with Gasteiger partial charge in [-0.3, -0.25) is 0 Å². The molecule has 0 unspecified atom stereocenters. The summed E-state index contributed by atoms with van der Waals surface area (Å²) in [7, 11) is 3.28. The fraction of sp³-hybridized carbons (Fsp3) is 0.435. The number of hydrogen-bond donors (Lipinski definition) is 1. The van der Waals surface area contributed by atoms with E-state index in [1.807, 2.05) is 43.3 Å². The lowest BCUT2D eigenvalue weighted by molar-refractivity contribution is 0.0526. The Labute approximate surface area is 172 Å². The third-order valence-electron chi connectivity index (χ3n) is 5.13. The SMILES string of the molecule is CCOC(=O)c1ccc(NCCc2ccc(OC)c(OC)c2)c(N2CCCC2)c1. The van der Waals surface area contributed by atoms with Gasteiger partial charge in [0.05, 0.1) is 37.8 Å². The minimum Gasteiger partial charge on any atom is -0.493 e. The van der Waals surface area contributed by atoms with E-state index in [0.717, 1.165) is 48.9 Å². The number of benzene rings is 2. The summed E-state index contributed by atoms with van der Waals surface area (Å²) in [5.74, 6) is 1.20. The first-order valence-corrected chi connectivity index (χ1v) is 10.2. The number of nitrogens with zero attached hydrogens (tertiary/aromatic N) is 1. The van der Waals surface area contributed by atoms with E-state index in [1.54, 1.807) is 14.2 Å². The number of esters is 1. The molecular formula is C23H30N2O4. The molecule has 3 rings (SSSR count). The van der Waals surface area contributed by atoms with Crippen molar-refractivity contribution in [3.05, 3.63) is 47.5 Å². The van der Waals surface area contributed by atoms with Crippen LogP contribution >= 0.6 is 0 Å². The van der Waals surface area contributed by atoms with Crippen LogP contribution < -0.4 is 19.7 Å². The summed E-state index contributed by atoms with van der Waals surface area (Å²) in [5, 5.41) is 3.54. The molecule has 0 aliphatic carbocycles. The van der Waals surface area contributed by atoms with Gasteiger partial charge in [-0.2, -0.15) is 0 Å². The molecule has 1 heterocycles. The number of anilines is 2. The number of hydrogen-bond acceptors (Lipinski definition) is 6. The van der Waals surface area contributed by atoms with Gasteiger partial charge >= 0.3 is 5.97 Å². The van der Waals surface area contributed by atoms with Crippen molar-refractivity contribution in [2.24, 2.45) is 0 Å². The van der Waals surface area contributed by atoms with Gasteiger partial charge in [-0.15, -0.1) is 0 Å². The Balaban J connectivity index is 1.72. The Morgan fingerprint density at radius 2 is 1.79 bits per heavy atom. The zero-order valence-corrected chi connectivity index (χ0v) is 17.5. The van der Waals surface area contributed by atoms with Gasteiger partial charge in [0.1, 0.15) is 0 Å². The van der Waals surface area contributed by atoms with Crippen molar-refractivity contribution >= 4 is 17.3 Å². The fourth-order valence-electron chi connectivity index (χ4n) is 3.62. The molecule has 0 radical (unpaired) electrons. The van der Waals surface area contributed by atoms with Gasteiger partial charge in [-0.25, -0.2) is 4.79 Å². The van der Waals surface area contributed by atoms with E-state index in [4.69, 9.17) is 14.2 Å². The van der Waals surface area contributed by atoms with Gasteiger partial charge in [0, 0.05) is 19.6 Å². The molecule has 29 heavy (non-hydrogen) atoms. The highest BCUT2D eigenvalue weighted by Crippen LogP contribution is 2.31. The van der Waals surface area contributed by atoms with Crippen LogP contribution in [0.15, 0.2) is 36.4 Å². The second kappa shape index (κ2) is 10.0. The van der Waals surface area contributed by atoms with Crippen LogP contribution in [0.4, 0.5) is 11.4 Å². The lowest BCUT2D eigenvalue weighted by atomic mass is 10.1. The highest BCUT2D eigenvalue weighted by Gasteiger charge is 2.18. The normalized spacial score (nSPS) is 13.3. The minimum atomic E-state index is -0.273. The highest BCUT2D eigenvalue weighted by atomic mass is 16.5. The van der Waals surface area contributed by atoms with Crippen molar-refractivity contribution in [3.8, 4) is 11.5 Å². The maximum absolute atomic E-state index is 12.2. The van der Waals surface area contributed by atoms with E-state index in [0.29, 0.717) is 12.2 Å². The topological polar surface area (TPSA) is 60.0 Å². The smallest absolute Gasteiger partial charge is 0.338 e. The molecule has 156 valence electrons. The second-order valence-electron chi connectivity index (χ2n) is 7.01. The average molecular weight is 399 g/mol. The second-order valence-corrected chi connectivity index (χ2v) is 7.01. The van der Waals surface area contributed by atoms with Crippen LogP contribution in [0, 0.1) is 0 Å². The van der Waals surface area contributed by atoms with E-state index in [-0.39, 0.29) is 5.97 Å². The third kappa shape index (κ3) is 5.13. The molecule has 2 aromatic rings. The molecule has 0 amide bonds. The number of methoxy groups -OCH3 is 2. The van der Waals surface area contributed by atoms with E-state index >= 15 is 0 Å². The lowest BCUT2D eigenvalue weighted by Crippen LogP contribution is -2.20. The predicted octanol–water partition coefficient (Wildman–Crippen LogP) is 4.14. The van der Waals surface area contributed by atoms with Crippen molar-refractivity contribution in [3.63, 3.8) is 0 Å². The largest absolute Gasteiger partial charge is 0.493 e. The van der Waals surface area contributed by atoms with Crippen LogP contribution in [0.1, 0.15) is 35.7 Å². The number of carbonyl (C=O) groups is 1. The van der Waals surface area contributed by atoms with Crippen molar-refractivity contribution < 1.29 is 19.0 Å². The van der Waals surface area contributed by atoms with E-state index in [9.17, 15) is 4.79 Å². The van der Waals surface area contributed by atoms with Crippen molar-refractivity contribution in [2.45, 2.75) is 26.2 Å². The summed E-state index contributed by atoms with van der Waals surface area (Å²) in [5.41, 5.74) is 3.88. The summed E-state index contributed by atoms with van der Waals surface area (Å²) in [4.78, 5) is 14.5. The number of ether oxygens (including phenoxy) is 3. The molecule has 1 fully saturated rings. The Hall–Kier alpha value is -2.89. The number of carbonyl (C=O) groups excluding carboxylic acids is 1. The standard InChI is InChI=1S/C23H30N2O4/c1-4-29-23(26)18-8-9-19(20(16-18)25-13-5-6-14-25)24-12-11-17-7-10-21(27-2)22(15-17)28-3/h7-10,15-16,24H,4-6,11-14H2,1-3H3. The van der Waals surface area contributed by atoms with Gasteiger partial charge in [0.25, 0.3) is 0 Å². The van der Waals surface area contributed by atoms with E-state index < -0.39 is 0 Å². The van der Waals surface area contributed by atoms with Crippen molar-refractivity contribution in [1.29, 1.82) is 0 Å². The Kier molecular flexibility index (Phi) is 7.22. The van der Waals surface area contributed by atoms with Crippen LogP contribution in [-0.4, -0.2) is 46.4 Å². The Morgan fingerprint density at radius 3 is 2.48 bits per heavy atom. The summed E-state index contributed by atoms with van der Waals surface area (Å²) < 4.78 is 15.9. The molecule has 0 bridgehead atoms. The minimum absolute atomic E-state index is 0.273. The average Bonchev–Trinajstić information content (AvgIpc) is 3.28. The molecule has 1 saturated heterocycles. The van der Waals surface area contributed by atoms with Crippen LogP contribution in [-0.2, 0) is 11.2 Å². The van der Waals surface area contributed by atoms with Crippen molar-refractivity contribution in [1.82, 2.24) is 0 Å². The zero-order chi connectivity index (χ0) is 20.6. The monoisotopic (exact) mass is 398 g/mol. The maximum atomic E-state index is 12.2. The number of rotatable bonds is 9. The van der Waals surface area contributed by atoms with Crippen LogP contribution in [0.5, 0.6) is 11.5 Å². The molecule has 0 spiro atoms. The summed E-state index contributed by atoms with van der Waals surface area (Å²) in [6.07, 6.45) is 3.20. The molecule has 0 aromatic heterocycles. The Bertz CT molecular complexity index is 832. The van der Waals surface area contributed by atoms with E-state index in [2.05, 4.69) is 10.2 Å². The van der Waals surface area contributed by atoms with E-state index in [1.165, 1.54) is 18.4 Å². The molecule has 1 aliphatic heterocycles. The molecule has 1 N–H and O–H groups in total.